The minimum atomic E-state index is -0.968. The number of esters is 1. The molecular formula is C18H26N2O4. The van der Waals surface area contributed by atoms with E-state index in [0.29, 0.717) is 5.92 Å². The van der Waals surface area contributed by atoms with Gasteiger partial charge in [-0.25, -0.2) is 4.79 Å². The Morgan fingerprint density at radius 1 is 1.38 bits per heavy atom. The number of carboxylic acid groups (broad SMARTS) is 1. The lowest BCUT2D eigenvalue weighted by Gasteiger charge is -2.19. The van der Waals surface area contributed by atoms with E-state index in [4.69, 9.17) is 16.3 Å². The molecule has 132 valence electrons. The van der Waals surface area contributed by atoms with Crippen LogP contribution in [0.1, 0.15) is 38.7 Å². The van der Waals surface area contributed by atoms with Crippen molar-refractivity contribution < 1.29 is 19.4 Å². The first-order valence-corrected chi connectivity index (χ1v) is 7.74. The van der Waals surface area contributed by atoms with Crippen LogP contribution >= 0.6 is 0 Å². The molecule has 0 bridgehead atoms. The molecule has 0 saturated carbocycles. The minimum Gasteiger partial charge on any atom is -0.480 e. The van der Waals surface area contributed by atoms with Gasteiger partial charge in [-0.1, -0.05) is 38.0 Å². The number of anilines is 1. The Morgan fingerprint density at radius 3 is 2.46 bits per heavy atom. The lowest BCUT2D eigenvalue weighted by molar-refractivity contribution is -0.142. The Kier molecular flexibility index (Phi) is 10.7. The number of terminal acetylenes is 1. The van der Waals surface area contributed by atoms with Crippen LogP contribution in [-0.2, 0) is 14.3 Å². The molecule has 4 N–H and O–H groups in total. The zero-order chi connectivity index (χ0) is 18.5. The van der Waals surface area contributed by atoms with E-state index in [2.05, 4.69) is 36.9 Å². The number of aliphatic carboxylic acids is 1. The van der Waals surface area contributed by atoms with Crippen molar-refractivity contribution in [3.05, 3.63) is 29.8 Å². The summed E-state index contributed by atoms with van der Waals surface area (Å²) in [5.41, 5.74) is 6.76. The number of carbonyl (C=O) groups excluding carboxylic acids is 1. The number of hydrogen-bond acceptors (Lipinski definition) is 5. The Bertz CT molecular complexity index is 566. The zero-order valence-electron chi connectivity index (χ0n) is 14.4. The number of para-hydroxylation sites is 1. The van der Waals surface area contributed by atoms with Crippen molar-refractivity contribution in [3.8, 4) is 12.3 Å². The standard InChI is InChI=1S/C16H21NO2.C2H5NO2/c1-5-11-19-16(18)13(4)17-15-10-8-7-9-14(15)12(3)6-2;3-1-2(4)5/h1,7-10,12-13,17H,6,11H2,2-4H3;1,3H2,(H,4,5)/t12?,13-;/m0./s1. The molecule has 1 aromatic carbocycles. The van der Waals surface area contributed by atoms with Gasteiger partial charge in [-0.05, 0) is 30.9 Å². The molecule has 2 atom stereocenters. The van der Waals surface area contributed by atoms with E-state index in [1.54, 1.807) is 6.92 Å². The average Bonchev–Trinajstić information content (AvgIpc) is 2.59. The largest absolute Gasteiger partial charge is 0.480 e. The van der Waals surface area contributed by atoms with E-state index in [9.17, 15) is 9.59 Å². The summed E-state index contributed by atoms with van der Waals surface area (Å²) >= 11 is 0. The van der Waals surface area contributed by atoms with Crippen molar-refractivity contribution in [2.45, 2.75) is 39.2 Å². The van der Waals surface area contributed by atoms with Crippen molar-refractivity contribution in [1.82, 2.24) is 0 Å². The third-order valence-electron chi connectivity index (χ3n) is 3.30. The van der Waals surface area contributed by atoms with Gasteiger partial charge in [0.1, 0.15) is 6.04 Å². The maximum absolute atomic E-state index is 11.7. The molecule has 0 aliphatic rings. The van der Waals surface area contributed by atoms with Crippen molar-refractivity contribution in [2.24, 2.45) is 5.73 Å². The molecule has 0 radical (unpaired) electrons. The highest BCUT2D eigenvalue weighted by molar-refractivity contribution is 5.79. The fourth-order valence-corrected chi connectivity index (χ4v) is 1.81. The highest BCUT2D eigenvalue weighted by Crippen LogP contribution is 2.26. The second kappa shape index (κ2) is 12.0. The quantitative estimate of drug-likeness (QED) is 0.522. The smallest absolute Gasteiger partial charge is 0.329 e. The van der Waals surface area contributed by atoms with Crippen LogP contribution in [0.25, 0.3) is 0 Å². The molecule has 0 aliphatic carbocycles. The summed E-state index contributed by atoms with van der Waals surface area (Å²) in [4.78, 5) is 20.9. The summed E-state index contributed by atoms with van der Waals surface area (Å²) in [5.74, 6) is 1.42. The number of nitrogens with one attached hydrogen (secondary N) is 1. The number of carboxylic acids is 1. The molecule has 0 aromatic heterocycles. The van der Waals surface area contributed by atoms with Crippen LogP contribution in [0.2, 0.25) is 0 Å². The molecule has 0 spiro atoms. The summed E-state index contributed by atoms with van der Waals surface area (Å²) in [7, 11) is 0. The Morgan fingerprint density at radius 2 is 1.96 bits per heavy atom. The molecule has 1 unspecified atom stereocenters. The van der Waals surface area contributed by atoms with Crippen LogP contribution in [0.15, 0.2) is 24.3 Å². The topological polar surface area (TPSA) is 102 Å². The van der Waals surface area contributed by atoms with E-state index in [0.717, 1.165) is 12.1 Å². The van der Waals surface area contributed by atoms with Gasteiger partial charge in [0.05, 0.1) is 6.54 Å². The molecule has 0 saturated heterocycles. The molecule has 24 heavy (non-hydrogen) atoms. The first kappa shape index (κ1) is 21.5. The number of nitrogens with two attached hydrogens (primary N) is 1. The van der Waals surface area contributed by atoms with Crippen molar-refractivity contribution in [1.29, 1.82) is 0 Å². The zero-order valence-corrected chi connectivity index (χ0v) is 14.4. The normalized spacial score (nSPS) is 12.0. The fraction of sp³-hybridized carbons (Fsp3) is 0.444. The second-order valence-corrected chi connectivity index (χ2v) is 5.17. The Labute approximate surface area is 143 Å². The van der Waals surface area contributed by atoms with Gasteiger partial charge in [-0.3, -0.25) is 4.79 Å². The van der Waals surface area contributed by atoms with Crippen LogP contribution in [0, 0.1) is 12.3 Å². The van der Waals surface area contributed by atoms with Crippen LogP contribution in [0.4, 0.5) is 5.69 Å². The van der Waals surface area contributed by atoms with Crippen molar-refractivity contribution in [2.75, 3.05) is 18.5 Å². The second-order valence-electron chi connectivity index (χ2n) is 5.17. The van der Waals surface area contributed by atoms with Gasteiger partial charge in [0.15, 0.2) is 6.61 Å². The molecule has 0 fully saturated rings. The van der Waals surface area contributed by atoms with Gasteiger partial charge < -0.3 is 20.9 Å². The van der Waals surface area contributed by atoms with E-state index in [1.807, 2.05) is 18.2 Å². The summed E-state index contributed by atoms with van der Waals surface area (Å²) in [5, 5.41) is 10.8. The molecule has 0 amide bonds. The molecule has 1 aromatic rings. The van der Waals surface area contributed by atoms with Crippen LogP contribution < -0.4 is 11.1 Å². The number of benzene rings is 1. The third kappa shape index (κ3) is 8.20. The highest BCUT2D eigenvalue weighted by atomic mass is 16.5. The van der Waals surface area contributed by atoms with E-state index >= 15 is 0 Å². The van der Waals surface area contributed by atoms with Gasteiger partial charge in [0, 0.05) is 5.69 Å². The first-order chi connectivity index (χ1) is 11.4. The van der Waals surface area contributed by atoms with E-state index in [1.165, 1.54) is 5.56 Å². The van der Waals surface area contributed by atoms with Crippen LogP contribution in [0.5, 0.6) is 0 Å². The maximum Gasteiger partial charge on any atom is 0.329 e. The summed E-state index contributed by atoms with van der Waals surface area (Å²) in [6, 6.07) is 7.60. The van der Waals surface area contributed by atoms with Gasteiger partial charge in [0.25, 0.3) is 0 Å². The molecular weight excluding hydrogens is 308 g/mol. The molecule has 6 nitrogen and oxygen atoms in total. The summed E-state index contributed by atoms with van der Waals surface area (Å²) < 4.78 is 4.91. The number of carbonyl (C=O) groups is 2. The molecule has 0 aliphatic heterocycles. The molecule has 6 heteroatoms. The number of hydrogen-bond donors (Lipinski definition) is 3. The fourth-order valence-electron chi connectivity index (χ4n) is 1.81. The predicted molar refractivity (Wildman–Crippen MR) is 94.7 cm³/mol. The SMILES string of the molecule is C#CCOC(=O)[C@H](C)Nc1ccccc1C(C)CC.NCC(=O)O. The summed E-state index contributed by atoms with van der Waals surface area (Å²) in [6.45, 7) is 5.82. The number of ether oxygens (including phenoxy) is 1. The van der Waals surface area contributed by atoms with Gasteiger partial charge in [0.2, 0.25) is 0 Å². The first-order valence-electron chi connectivity index (χ1n) is 7.74. The van der Waals surface area contributed by atoms with Crippen LogP contribution in [-0.4, -0.2) is 36.2 Å². The Balaban J connectivity index is 0.000000922. The number of rotatable bonds is 7. The highest BCUT2D eigenvalue weighted by Gasteiger charge is 2.16. The molecule has 0 heterocycles. The monoisotopic (exact) mass is 334 g/mol. The minimum absolute atomic E-state index is 0.0118. The van der Waals surface area contributed by atoms with Crippen molar-refractivity contribution in [3.63, 3.8) is 0 Å². The van der Waals surface area contributed by atoms with E-state index in [-0.39, 0.29) is 19.1 Å². The Hall–Kier alpha value is -2.52. The van der Waals surface area contributed by atoms with Gasteiger partial charge in [-0.2, -0.15) is 0 Å². The van der Waals surface area contributed by atoms with Gasteiger partial charge in [-0.15, -0.1) is 6.42 Å². The third-order valence-corrected chi connectivity index (χ3v) is 3.30. The molecule has 1 rings (SSSR count). The van der Waals surface area contributed by atoms with Gasteiger partial charge >= 0.3 is 11.9 Å². The van der Waals surface area contributed by atoms with Crippen molar-refractivity contribution >= 4 is 17.6 Å². The van der Waals surface area contributed by atoms with E-state index < -0.39 is 12.0 Å². The lowest BCUT2D eigenvalue weighted by atomic mass is 9.96. The predicted octanol–water partition coefficient (Wildman–Crippen LogP) is 2.21. The maximum atomic E-state index is 11.7. The van der Waals surface area contributed by atoms with Crippen LogP contribution in [0.3, 0.4) is 0 Å². The lowest BCUT2D eigenvalue weighted by Crippen LogP contribution is -2.28. The summed E-state index contributed by atoms with van der Waals surface area (Å²) in [6.07, 6.45) is 6.11. The average molecular weight is 334 g/mol.